The van der Waals surface area contributed by atoms with Gasteiger partial charge in [0.1, 0.15) is 11.6 Å². The summed E-state index contributed by atoms with van der Waals surface area (Å²) in [7, 11) is 0. The maximum Gasteiger partial charge on any atom is 0.127 e. The van der Waals surface area contributed by atoms with Crippen LogP contribution in [0.4, 0.5) is 8.78 Å². The molecule has 1 saturated carbocycles. The molecule has 1 nitrogen and oxygen atoms in total. The Kier molecular flexibility index (Phi) is 5.14. The van der Waals surface area contributed by atoms with Gasteiger partial charge in [-0.25, -0.2) is 8.78 Å². The molecule has 1 aliphatic carbocycles. The molecule has 0 saturated heterocycles. The number of rotatable bonds is 4. The lowest BCUT2D eigenvalue weighted by Gasteiger charge is -2.38. The summed E-state index contributed by atoms with van der Waals surface area (Å²) in [5.41, 5.74) is 0.422. The molecule has 0 spiro atoms. The Morgan fingerprint density at radius 3 is 2.70 bits per heavy atom. The zero-order chi connectivity index (χ0) is 14.7. The molecule has 0 bridgehead atoms. The highest BCUT2D eigenvalue weighted by atomic mass is 19.1. The minimum absolute atomic E-state index is 0.330. The molecule has 3 unspecified atom stereocenters. The molecule has 1 aromatic carbocycles. The molecular weight excluding hydrogens is 256 g/mol. The normalized spacial score (nSPS) is 27.0. The zero-order valence-corrected chi connectivity index (χ0v) is 12.6. The van der Waals surface area contributed by atoms with Gasteiger partial charge in [0.2, 0.25) is 0 Å². The fourth-order valence-electron chi connectivity index (χ4n) is 3.36. The van der Waals surface area contributed by atoms with Gasteiger partial charge < -0.3 is 5.32 Å². The van der Waals surface area contributed by atoms with Gasteiger partial charge in [-0.15, -0.1) is 0 Å². The summed E-state index contributed by atoms with van der Waals surface area (Å²) in [5.74, 6) is 1.25. The standard InChI is InChI=1S/C17H25F2N/c1-11(2)15-6-4-12(3)8-17(15)20-10-13-9-14(18)5-7-16(13)19/h5,7,9,11-12,15,17,20H,4,6,8,10H2,1-3H3. The Morgan fingerprint density at radius 2 is 2.00 bits per heavy atom. The Morgan fingerprint density at radius 1 is 1.25 bits per heavy atom. The molecule has 1 aromatic rings. The minimum atomic E-state index is -0.374. The molecule has 0 heterocycles. The smallest absolute Gasteiger partial charge is 0.127 e. The van der Waals surface area contributed by atoms with Crippen molar-refractivity contribution >= 4 is 0 Å². The van der Waals surface area contributed by atoms with E-state index in [0.717, 1.165) is 6.42 Å². The Balaban J connectivity index is 2.01. The number of nitrogens with one attached hydrogen (secondary N) is 1. The third kappa shape index (κ3) is 3.78. The zero-order valence-electron chi connectivity index (χ0n) is 12.6. The maximum absolute atomic E-state index is 13.6. The first-order valence-corrected chi connectivity index (χ1v) is 7.64. The SMILES string of the molecule is CC1CCC(C(C)C)C(NCc2cc(F)ccc2F)C1. The number of benzene rings is 1. The van der Waals surface area contributed by atoms with Gasteiger partial charge in [-0.2, -0.15) is 0 Å². The van der Waals surface area contributed by atoms with Crippen molar-refractivity contribution in [2.75, 3.05) is 0 Å². The van der Waals surface area contributed by atoms with E-state index < -0.39 is 0 Å². The van der Waals surface area contributed by atoms with E-state index in [4.69, 9.17) is 0 Å². The van der Waals surface area contributed by atoms with E-state index in [9.17, 15) is 8.78 Å². The highest BCUT2D eigenvalue weighted by Gasteiger charge is 2.30. The van der Waals surface area contributed by atoms with E-state index in [1.54, 1.807) is 0 Å². The molecule has 112 valence electrons. The van der Waals surface area contributed by atoms with Crippen molar-refractivity contribution in [3.8, 4) is 0 Å². The van der Waals surface area contributed by atoms with E-state index in [0.29, 0.717) is 35.9 Å². The molecule has 0 aliphatic heterocycles. The van der Waals surface area contributed by atoms with Crippen LogP contribution in [0.25, 0.3) is 0 Å². The van der Waals surface area contributed by atoms with Crippen LogP contribution in [-0.2, 0) is 6.54 Å². The van der Waals surface area contributed by atoms with Gasteiger partial charge >= 0.3 is 0 Å². The van der Waals surface area contributed by atoms with Crippen LogP contribution >= 0.6 is 0 Å². The van der Waals surface area contributed by atoms with Crippen molar-refractivity contribution in [2.24, 2.45) is 17.8 Å². The molecule has 1 N–H and O–H groups in total. The van der Waals surface area contributed by atoms with Crippen LogP contribution in [0.3, 0.4) is 0 Å². The second-order valence-corrected chi connectivity index (χ2v) is 6.55. The summed E-state index contributed by atoms with van der Waals surface area (Å²) in [4.78, 5) is 0. The van der Waals surface area contributed by atoms with Crippen LogP contribution in [0.15, 0.2) is 18.2 Å². The predicted octanol–water partition coefficient (Wildman–Crippen LogP) is 4.52. The highest BCUT2D eigenvalue weighted by molar-refractivity contribution is 5.18. The lowest BCUT2D eigenvalue weighted by Crippen LogP contribution is -2.42. The van der Waals surface area contributed by atoms with E-state index in [2.05, 4.69) is 26.1 Å². The molecule has 1 fully saturated rings. The maximum atomic E-state index is 13.6. The van der Waals surface area contributed by atoms with Crippen LogP contribution in [0, 0.1) is 29.4 Å². The third-order valence-electron chi connectivity index (χ3n) is 4.58. The van der Waals surface area contributed by atoms with Crippen LogP contribution in [-0.4, -0.2) is 6.04 Å². The molecule has 0 amide bonds. The lowest BCUT2D eigenvalue weighted by molar-refractivity contribution is 0.168. The summed E-state index contributed by atoms with van der Waals surface area (Å²) in [6, 6.07) is 4.06. The van der Waals surface area contributed by atoms with Crippen molar-refractivity contribution in [3.63, 3.8) is 0 Å². The van der Waals surface area contributed by atoms with Crippen molar-refractivity contribution in [1.82, 2.24) is 5.32 Å². The summed E-state index contributed by atoms with van der Waals surface area (Å²) in [6.07, 6.45) is 3.62. The molecular formula is C17H25F2N. The molecule has 3 atom stereocenters. The Bertz CT molecular complexity index is 445. The number of halogens is 2. The van der Waals surface area contributed by atoms with Crippen molar-refractivity contribution in [2.45, 2.75) is 52.6 Å². The molecule has 3 heteroatoms. The van der Waals surface area contributed by atoms with E-state index in [1.165, 1.54) is 31.0 Å². The van der Waals surface area contributed by atoms with Crippen LogP contribution in [0.1, 0.15) is 45.6 Å². The van der Waals surface area contributed by atoms with Crippen molar-refractivity contribution in [3.05, 3.63) is 35.4 Å². The summed E-state index contributed by atoms with van der Waals surface area (Å²) in [5, 5.41) is 3.46. The van der Waals surface area contributed by atoms with Crippen molar-refractivity contribution in [1.29, 1.82) is 0 Å². The Labute approximate surface area is 120 Å². The van der Waals surface area contributed by atoms with Gasteiger partial charge in [0.15, 0.2) is 0 Å². The second-order valence-electron chi connectivity index (χ2n) is 6.55. The van der Waals surface area contributed by atoms with Gasteiger partial charge in [0.25, 0.3) is 0 Å². The second kappa shape index (κ2) is 6.66. The Hall–Kier alpha value is -0.960. The van der Waals surface area contributed by atoms with Crippen LogP contribution in [0.2, 0.25) is 0 Å². The van der Waals surface area contributed by atoms with Crippen LogP contribution < -0.4 is 5.32 Å². The quantitative estimate of drug-likeness (QED) is 0.856. The van der Waals surface area contributed by atoms with Gasteiger partial charge in [0, 0.05) is 18.2 Å². The van der Waals surface area contributed by atoms with E-state index in [1.807, 2.05) is 0 Å². The summed E-state index contributed by atoms with van der Waals surface area (Å²) >= 11 is 0. The van der Waals surface area contributed by atoms with Crippen molar-refractivity contribution < 1.29 is 8.78 Å². The van der Waals surface area contributed by atoms with E-state index in [-0.39, 0.29) is 11.6 Å². The lowest BCUT2D eigenvalue weighted by atomic mass is 9.74. The number of hydrogen-bond acceptors (Lipinski definition) is 1. The highest BCUT2D eigenvalue weighted by Crippen LogP contribution is 2.33. The van der Waals surface area contributed by atoms with Gasteiger partial charge in [-0.3, -0.25) is 0 Å². The fourth-order valence-corrected chi connectivity index (χ4v) is 3.36. The van der Waals surface area contributed by atoms with Gasteiger partial charge in [0.05, 0.1) is 0 Å². The summed E-state index contributed by atoms with van der Waals surface area (Å²) in [6.45, 7) is 7.17. The minimum Gasteiger partial charge on any atom is -0.310 e. The third-order valence-corrected chi connectivity index (χ3v) is 4.58. The average Bonchev–Trinajstić information content (AvgIpc) is 2.39. The van der Waals surface area contributed by atoms with Gasteiger partial charge in [-0.05, 0) is 48.8 Å². The first-order chi connectivity index (χ1) is 9.47. The molecule has 1 aliphatic rings. The number of hydrogen-bond donors (Lipinski definition) is 1. The van der Waals surface area contributed by atoms with Gasteiger partial charge in [-0.1, -0.05) is 27.2 Å². The average molecular weight is 281 g/mol. The molecule has 0 aromatic heterocycles. The van der Waals surface area contributed by atoms with E-state index >= 15 is 0 Å². The molecule has 20 heavy (non-hydrogen) atoms. The summed E-state index contributed by atoms with van der Waals surface area (Å²) < 4.78 is 26.8. The first-order valence-electron chi connectivity index (χ1n) is 7.64. The molecule has 0 radical (unpaired) electrons. The van der Waals surface area contributed by atoms with Crippen LogP contribution in [0.5, 0.6) is 0 Å². The predicted molar refractivity (Wildman–Crippen MR) is 78.3 cm³/mol. The largest absolute Gasteiger partial charge is 0.310 e. The topological polar surface area (TPSA) is 12.0 Å². The monoisotopic (exact) mass is 281 g/mol. The molecule has 2 rings (SSSR count). The first kappa shape index (κ1) is 15.4. The fraction of sp³-hybridized carbons (Fsp3) is 0.647.